The molecule has 1 aliphatic rings. The van der Waals surface area contributed by atoms with Crippen LogP contribution in [0, 0.1) is 5.41 Å². The molecule has 0 unspecified atom stereocenters. The second-order valence-corrected chi connectivity index (χ2v) is 6.37. The van der Waals surface area contributed by atoms with E-state index in [0.717, 1.165) is 65.4 Å². The van der Waals surface area contributed by atoms with E-state index < -0.39 is 0 Å². The molecule has 2 aromatic heterocycles. The number of morpholine rings is 1. The van der Waals surface area contributed by atoms with Crippen LogP contribution in [0.25, 0.3) is 27.7 Å². The summed E-state index contributed by atoms with van der Waals surface area (Å²) in [5.74, 6) is 0.943. The van der Waals surface area contributed by atoms with Crippen molar-refractivity contribution >= 4 is 28.5 Å². The summed E-state index contributed by atoms with van der Waals surface area (Å²) in [6.07, 6.45) is 4.99. The number of hydrogen-bond acceptors (Lipinski definition) is 6. The van der Waals surface area contributed by atoms with Crippen LogP contribution >= 0.6 is 0 Å². The van der Waals surface area contributed by atoms with Gasteiger partial charge in [0.1, 0.15) is 11.5 Å². The van der Waals surface area contributed by atoms with Crippen LogP contribution in [0.2, 0.25) is 0 Å². The summed E-state index contributed by atoms with van der Waals surface area (Å²) in [5.41, 5.74) is 4.65. The van der Waals surface area contributed by atoms with Gasteiger partial charge in [-0.25, -0.2) is 4.98 Å². The molecule has 0 bridgehead atoms. The minimum Gasteiger partial charge on any atom is -0.393 e. The summed E-state index contributed by atoms with van der Waals surface area (Å²) in [7, 11) is 1.83. The van der Waals surface area contributed by atoms with Crippen molar-refractivity contribution in [1.82, 2.24) is 20.5 Å². The van der Waals surface area contributed by atoms with Crippen molar-refractivity contribution in [2.75, 3.05) is 38.3 Å². The smallest absolute Gasteiger partial charge is 0.129 e. The van der Waals surface area contributed by atoms with Crippen molar-refractivity contribution in [1.29, 1.82) is 5.41 Å². The lowest BCUT2D eigenvalue weighted by Crippen LogP contribution is -2.36. The molecule has 0 aliphatic carbocycles. The molecule has 1 aliphatic heterocycles. The second kappa shape index (κ2) is 7.59. The van der Waals surface area contributed by atoms with E-state index in [4.69, 9.17) is 10.1 Å². The largest absolute Gasteiger partial charge is 0.393 e. The van der Waals surface area contributed by atoms with Crippen molar-refractivity contribution in [3.05, 3.63) is 48.3 Å². The first kappa shape index (κ1) is 17.2. The zero-order valence-electron chi connectivity index (χ0n) is 15.2. The number of H-pyrrole nitrogens is 1. The fourth-order valence-electron chi connectivity index (χ4n) is 3.31. The third-order valence-electron chi connectivity index (χ3n) is 4.71. The van der Waals surface area contributed by atoms with Gasteiger partial charge < -0.3 is 20.4 Å². The average molecular weight is 362 g/mol. The molecule has 0 saturated carbocycles. The molecule has 7 heteroatoms. The van der Waals surface area contributed by atoms with Crippen LogP contribution in [0.4, 0.5) is 5.82 Å². The molecule has 1 aromatic carbocycles. The second-order valence-electron chi connectivity index (χ2n) is 6.37. The lowest BCUT2D eigenvalue weighted by Gasteiger charge is -2.27. The molecule has 7 nitrogen and oxygen atoms in total. The van der Waals surface area contributed by atoms with Gasteiger partial charge in [0.2, 0.25) is 0 Å². The van der Waals surface area contributed by atoms with E-state index in [1.54, 1.807) is 0 Å². The summed E-state index contributed by atoms with van der Waals surface area (Å²) in [5, 5.41) is 19.3. The number of aromatic nitrogens is 3. The summed E-state index contributed by atoms with van der Waals surface area (Å²) in [6, 6.07) is 10.1. The minimum absolute atomic E-state index is 0.727. The molecule has 4 rings (SSSR count). The van der Waals surface area contributed by atoms with Crippen LogP contribution in [0.15, 0.2) is 42.7 Å². The van der Waals surface area contributed by atoms with Crippen molar-refractivity contribution in [2.45, 2.75) is 0 Å². The average Bonchev–Trinajstić information content (AvgIpc) is 3.16. The normalized spacial score (nSPS) is 15.1. The topological polar surface area (TPSA) is 89.9 Å². The quantitative estimate of drug-likeness (QED) is 0.607. The maximum absolute atomic E-state index is 7.65. The molecule has 0 atom stereocenters. The lowest BCUT2D eigenvalue weighted by molar-refractivity contribution is 0.122. The molecule has 3 heterocycles. The Kier molecular flexibility index (Phi) is 4.84. The Bertz CT molecular complexity index is 987. The number of anilines is 1. The van der Waals surface area contributed by atoms with E-state index in [0.29, 0.717) is 0 Å². The highest BCUT2D eigenvalue weighted by Crippen LogP contribution is 2.30. The van der Waals surface area contributed by atoms with Crippen LogP contribution in [-0.4, -0.2) is 54.7 Å². The molecule has 27 heavy (non-hydrogen) atoms. The summed E-state index contributed by atoms with van der Waals surface area (Å²) in [4.78, 5) is 6.75. The van der Waals surface area contributed by atoms with E-state index in [1.807, 2.05) is 37.6 Å². The Balaban J connectivity index is 1.75. The van der Waals surface area contributed by atoms with Crippen molar-refractivity contribution < 1.29 is 4.74 Å². The fraction of sp³-hybridized carbons (Fsp3) is 0.250. The Hall–Kier alpha value is -3.19. The summed E-state index contributed by atoms with van der Waals surface area (Å²) < 4.78 is 5.43. The van der Waals surface area contributed by atoms with Gasteiger partial charge in [0, 0.05) is 55.3 Å². The molecule has 3 aromatic rings. The molecular formula is C20H22N6O. The molecule has 1 saturated heterocycles. The highest BCUT2D eigenvalue weighted by Gasteiger charge is 2.15. The molecule has 0 amide bonds. The van der Waals surface area contributed by atoms with Gasteiger partial charge in [-0.2, -0.15) is 5.10 Å². The highest BCUT2D eigenvalue weighted by molar-refractivity contribution is 6.09. The number of aromatic amines is 1. The monoisotopic (exact) mass is 362 g/mol. The zero-order valence-corrected chi connectivity index (χ0v) is 15.2. The van der Waals surface area contributed by atoms with Gasteiger partial charge in [-0.1, -0.05) is 6.07 Å². The van der Waals surface area contributed by atoms with Gasteiger partial charge >= 0.3 is 0 Å². The van der Waals surface area contributed by atoms with Gasteiger partial charge in [-0.3, -0.25) is 5.10 Å². The molecule has 0 spiro atoms. The van der Waals surface area contributed by atoms with Crippen LogP contribution in [0.3, 0.4) is 0 Å². The van der Waals surface area contributed by atoms with Gasteiger partial charge in [0.15, 0.2) is 0 Å². The first-order chi connectivity index (χ1) is 13.3. The van der Waals surface area contributed by atoms with Crippen LogP contribution in [0.1, 0.15) is 5.56 Å². The fourth-order valence-corrected chi connectivity index (χ4v) is 3.31. The van der Waals surface area contributed by atoms with Gasteiger partial charge in [0.05, 0.1) is 18.7 Å². The third kappa shape index (κ3) is 3.41. The van der Waals surface area contributed by atoms with E-state index in [2.05, 4.69) is 37.5 Å². The van der Waals surface area contributed by atoms with Crippen molar-refractivity contribution in [3.8, 4) is 11.3 Å². The van der Waals surface area contributed by atoms with E-state index in [1.165, 1.54) is 6.21 Å². The van der Waals surface area contributed by atoms with Gasteiger partial charge in [-0.05, 0) is 29.8 Å². The minimum atomic E-state index is 0.727. The lowest BCUT2D eigenvalue weighted by atomic mass is 10.0. The standard InChI is InChI=1S/C20H22N6O/c1-22-13-16(12-21)14-2-3-18-17(10-14)20(25-24-18)15-4-5-23-19(11-15)26-6-8-27-9-7-26/h2-5,10-13,21-22H,6-9H2,1H3,(H,24,25)/b16-13+,21-12?. The number of hydrogen-bond donors (Lipinski definition) is 3. The van der Waals surface area contributed by atoms with Crippen molar-refractivity contribution in [3.63, 3.8) is 0 Å². The predicted molar refractivity (Wildman–Crippen MR) is 108 cm³/mol. The predicted octanol–water partition coefficient (Wildman–Crippen LogP) is 2.67. The summed E-state index contributed by atoms with van der Waals surface area (Å²) in [6.45, 7) is 3.15. The molecule has 138 valence electrons. The number of nitrogens with zero attached hydrogens (tertiary/aromatic N) is 3. The van der Waals surface area contributed by atoms with Crippen LogP contribution in [0.5, 0.6) is 0 Å². The number of benzene rings is 1. The molecule has 1 fully saturated rings. The molecular weight excluding hydrogens is 340 g/mol. The number of rotatable bonds is 5. The zero-order chi connectivity index (χ0) is 18.6. The number of fused-ring (bicyclic) bond motifs is 1. The Morgan fingerprint density at radius 3 is 2.89 bits per heavy atom. The van der Waals surface area contributed by atoms with Crippen LogP contribution in [-0.2, 0) is 4.74 Å². The van der Waals surface area contributed by atoms with Crippen LogP contribution < -0.4 is 10.2 Å². The molecule has 0 radical (unpaired) electrons. The van der Waals surface area contributed by atoms with E-state index in [9.17, 15) is 0 Å². The van der Waals surface area contributed by atoms with E-state index >= 15 is 0 Å². The Morgan fingerprint density at radius 1 is 1.26 bits per heavy atom. The third-order valence-corrected chi connectivity index (χ3v) is 4.71. The first-order valence-electron chi connectivity index (χ1n) is 8.95. The maximum atomic E-state index is 7.65. The number of allylic oxidation sites excluding steroid dienone is 1. The number of ether oxygens (including phenoxy) is 1. The Morgan fingerprint density at radius 2 is 2.11 bits per heavy atom. The number of pyridine rings is 1. The SMILES string of the molecule is CN/C=C(\C=N)c1ccc2[nH]nc(-c3ccnc(N4CCOCC4)c3)c2c1. The Labute approximate surface area is 157 Å². The highest BCUT2D eigenvalue weighted by atomic mass is 16.5. The summed E-state index contributed by atoms with van der Waals surface area (Å²) >= 11 is 0. The molecule has 3 N–H and O–H groups in total. The first-order valence-corrected chi connectivity index (χ1v) is 8.95. The van der Waals surface area contributed by atoms with Gasteiger partial charge in [0.25, 0.3) is 0 Å². The van der Waals surface area contributed by atoms with Crippen molar-refractivity contribution in [2.24, 2.45) is 0 Å². The van der Waals surface area contributed by atoms with E-state index in [-0.39, 0.29) is 0 Å². The maximum Gasteiger partial charge on any atom is 0.129 e. The number of nitrogens with one attached hydrogen (secondary N) is 3. The van der Waals surface area contributed by atoms with Gasteiger partial charge in [-0.15, -0.1) is 0 Å².